The monoisotopic (exact) mass is 370 g/mol. The van der Waals surface area contributed by atoms with Crippen molar-refractivity contribution in [3.8, 4) is 0 Å². The summed E-state index contributed by atoms with van der Waals surface area (Å²) >= 11 is 0. The van der Waals surface area contributed by atoms with Gasteiger partial charge in [-0.3, -0.25) is 9.59 Å². The van der Waals surface area contributed by atoms with Gasteiger partial charge in [0, 0.05) is 19.0 Å². The van der Waals surface area contributed by atoms with Crippen LogP contribution in [0.1, 0.15) is 76.8 Å². The maximum atomic E-state index is 12.7. The first-order chi connectivity index (χ1) is 12.8. The van der Waals surface area contributed by atoms with Gasteiger partial charge in [0.2, 0.25) is 11.8 Å². The molecule has 148 valence electrons. The molecule has 2 fully saturated rings. The minimum Gasteiger partial charge on any atom is -0.354 e. The summed E-state index contributed by atoms with van der Waals surface area (Å²) in [6.07, 6.45) is 7.39. The Morgan fingerprint density at radius 2 is 1.56 bits per heavy atom. The molecule has 2 saturated carbocycles. The second-order valence-corrected chi connectivity index (χ2v) is 9.29. The van der Waals surface area contributed by atoms with E-state index in [1.807, 2.05) is 0 Å². The topological polar surface area (TPSA) is 58.2 Å². The van der Waals surface area contributed by atoms with Gasteiger partial charge in [0.1, 0.15) is 0 Å². The van der Waals surface area contributed by atoms with Crippen LogP contribution >= 0.6 is 0 Å². The van der Waals surface area contributed by atoms with Gasteiger partial charge in [-0.05, 0) is 42.2 Å². The number of amides is 2. The Bertz CT molecular complexity index is 663. The lowest BCUT2D eigenvalue weighted by molar-refractivity contribution is -0.126. The summed E-state index contributed by atoms with van der Waals surface area (Å²) in [5.41, 5.74) is 2.16. The molecule has 2 aliphatic carbocycles. The SMILES string of the molecule is CC(C)(C)c1ccc(C2(C(=O)NCCNC(=O)C3CCCCC3)CC2)cc1. The molecule has 1 aromatic carbocycles. The maximum absolute atomic E-state index is 12.7. The predicted molar refractivity (Wildman–Crippen MR) is 109 cm³/mol. The molecule has 1 aromatic rings. The molecule has 4 heteroatoms. The van der Waals surface area contributed by atoms with E-state index in [1.54, 1.807) is 0 Å². The van der Waals surface area contributed by atoms with Gasteiger partial charge in [0.05, 0.1) is 5.41 Å². The lowest BCUT2D eigenvalue weighted by Gasteiger charge is -2.22. The van der Waals surface area contributed by atoms with Crippen molar-refractivity contribution in [3.05, 3.63) is 35.4 Å². The van der Waals surface area contributed by atoms with Crippen molar-refractivity contribution in [1.29, 1.82) is 0 Å². The first-order valence-electron chi connectivity index (χ1n) is 10.5. The Balaban J connectivity index is 1.47. The van der Waals surface area contributed by atoms with Crippen LogP contribution in [0.3, 0.4) is 0 Å². The summed E-state index contributed by atoms with van der Waals surface area (Å²) < 4.78 is 0. The van der Waals surface area contributed by atoms with Crippen molar-refractivity contribution in [2.45, 2.75) is 76.5 Å². The highest BCUT2D eigenvalue weighted by Crippen LogP contribution is 2.48. The number of carbonyl (C=O) groups excluding carboxylic acids is 2. The third-order valence-electron chi connectivity index (χ3n) is 6.17. The quantitative estimate of drug-likeness (QED) is 0.748. The zero-order valence-electron chi connectivity index (χ0n) is 17.1. The number of benzene rings is 1. The van der Waals surface area contributed by atoms with Crippen LogP contribution in [0.2, 0.25) is 0 Å². The lowest BCUT2D eigenvalue weighted by atomic mass is 9.85. The number of hydrogen-bond acceptors (Lipinski definition) is 2. The second kappa shape index (κ2) is 8.04. The Morgan fingerprint density at radius 1 is 0.963 bits per heavy atom. The van der Waals surface area contributed by atoms with Crippen LogP contribution < -0.4 is 10.6 Å². The van der Waals surface area contributed by atoms with Crippen LogP contribution in [0, 0.1) is 5.92 Å². The highest BCUT2D eigenvalue weighted by atomic mass is 16.2. The summed E-state index contributed by atoms with van der Waals surface area (Å²) in [6.45, 7) is 7.61. The predicted octanol–water partition coefficient (Wildman–Crippen LogP) is 3.83. The molecule has 0 radical (unpaired) electrons. The normalized spacial score (nSPS) is 19.4. The third-order valence-corrected chi connectivity index (χ3v) is 6.17. The summed E-state index contributed by atoms with van der Waals surface area (Å²) in [6, 6.07) is 8.51. The number of hydrogen-bond donors (Lipinski definition) is 2. The highest BCUT2D eigenvalue weighted by molar-refractivity contribution is 5.91. The van der Waals surface area contributed by atoms with Crippen LogP contribution in [0.15, 0.2) is 24.3 Å². The standard InChI is InChI=1S/C23H34N2O2/c1-22(2,3)18-9-11-19(12-10-18)23(13-14-23)21(27)25-16-15-24-20(26)17-7-5-4-6-8-17/h9-12,17H,4-8,13-16H2,1-3H3,(H,24,26)(H,25,27). The molecule has 2 N–H and O–H groups in total. The van der Waals surface area contributed by atoms with Gasteiger partial charge in [0.15, 0.2) is 0 Å². The van der Waals surface area contributed by atoms with Crippen molar-refractivity contribution in [3.63, 3.8) is 0 Å². The largest absolute Gasteiger partial charge is 0.354 e. The van der Waals surface area contributed by atoms with Crippen LogP contribution in [-0.2, 0) is 20.4 Å². The fourth-order valence-corrected chi connectivity index (χ4v) is 4.10. The van der Waals surface area contributed by atoms with Crippen molar-refractivity contribution in [1.82, 2.24) is 10.6 Å². The molecule has 27 heavy (non-hydrogen) atoms. The van der Waals surface area contributed by atoms with Gasteiger partial charge < -0.3 is 10.6 Å². The molecule has 2 amide bonds. The fourth-order valence-electron chi connectivity index (χ4n) is 4.10. The van der Waals surface area contributed by atoms with Gasteiger partial charge >= 0.3 is 0 Å². The van der Waals surface area contributed by atoms with E-state index in [4.69, 9.17) is 0 Å². The Hall–Kier alpha value is -1.84. The van der Waals surface area contributed by atoms with E-state index in [0.29, 0.717) is 13.1 Å². The molecule has 2 aliphatic rings. The van der Waals surface area contributed by atoms with Gasteiger partial charge in [-0.25, -0.2) is 0 Å². The fraction of sp³-hybridized carbons (Fsp3) is 0.652. The molecule has 0 heterocycles. The summed E-state index contributed by atoms with van der Waals surface area (Å²) in [5.74, 6) is 0.423. The van der Waals surface area contributed by atoms with E-state index in [0.717, 1.165) is 44.1 Å². The lowest BCUT2D eigenvalue weighted by Crippen LogP contribution is -2.41. The second-order valence-electron chi connectivity index (χ2n) is 9.29. The Kier molecular flexibility index (Phi) is 5.92. The van der Waals surface area contributed by atoms with Crippen LogP contribution in [-0.4, -0.2) is 24.9 Å². The van der Waals surface area contributed by atoms with Gasteiger partial charge in [0.25, 0.3) is 0 Å². The Labute approximate surface area is 163 Å². The molecular formula is C23H34N2O2. The number of carbonyl (C=O) groups is 2. The molecule has 0 bridgehead atoms. The van der Waals surface area contributed by atoms with Crippen LogP contribution in [0.25, 0.3) is 0 Å². The molecule has 0 aromatic heterocycles. The first kappa shape index (κ1) is 19.9. The van der Waals surface area contributed by atoms with Crippen molar-refractivity contribution in [2.75, 3.05) is 13.1 Å². The average Bonchev–Trinajstić information content (AvgIpc) is 3.47. The van der Waals surface area contributed by atoms with Crippen LogP contribution in [0.4, 0.5) is 0 Å². The van der Waals surface area contributed by atoms with E-state index in [2.05, 4.69) is 55.7 Å². The molecule has 0 saturated heterocycles. The molecule has 3 rings (SSSR count). The minimum atomic E-state index is -0.357. The average molecular weight is 371 g/mol. The van der Waals surface area contributed by atoms with E-state index >= 15 is 0 Å². The molecule has 0 spiro atoms. The van der Waals surface area contributed by atoms with E-state index in [-0.39, 0.29) is 28.6 Å². The molecule has 0 atom stereocenters. The summed E-state index contributed by atoms with van der Waals surface area (Å²) in [5, 5.41) is 6.02. The van der Waals surface area contributed by atoms with Gasteiger partial charge in [-0.1, -0.05) is 64.3 Å². The number of nitrogens with one attached hydrogen (secondary N) is 2. The van der Waals surface area contributed by atoms with Crippen LogP contribution in [0.5, 0.6) is 0 Å². The zero-order valence-corrected chi connectivity index (χ0v) is 17.1. The van der Waals surface area contributed by atoms with Gasteiger partial charge in [-0.15, -0.1) is 0 Å². The van der Waals surface area contributed by atoms with Crippen molar-refractivity contribution in [2.24, 2.45) is 5.92 Å². The number of rotatable bonds is 6. The molecule has 0 unspecified atom stereocenters. The third kappa shape index (κ3) is 4.72. The summed E-state index contributed by atoms with van der Waals surface area (Å²) in [7, 11) is 0. The maximum Gasteiger partial charge on any atom is 0.230 e. The molecule has 4 nitrogen and oxygen atoms in total. The van der Waals surface area contributed by atoms with Crippen molar-refractivity contribution >= 4 is 11.8 Å². The first-order valence-corrected chi connectivity index (χ1v) is 10.5. The van der Waals surface area contributed by atoms with E-state index in [1.165, 1.54) is 12.0 Å². The minimum absolute atomic E-state index is 0.0953. The summed E-state index contributed by atoms with van der Waals surface area (Å²) in [4.78, 5) is 24.9. The van der Waals surface area contributed by atoms with E-state index < -0.39 is 0 Å². The molecular weight excluding hydrogens is 336 g/mol. The van der Waals surface area contributed by atoms with Crippen molar-refractivity contribution < 1.29 is 9.59 Å². The smallest absolute Gasteiger partial charge is 0.230 e. The highest BCUT2D eigenvalue weighted by Gasteiger charge is 2.51. The van der Waals surface area contributed by atoms with E-state index in [9.17, 15) is 9.59 Å². The zero-order chi connectivity index (χ0) is 19.5. The van der Waals surface area contributed by atoms with Gasteiger partial charge in [-0.2, -0.15) is 0 Å². The molecule has 0 aliphatic heterocycles. The Morgan fingerprint density at radius 3 is 2.11 bits per heavy atom.